The molecule has 22 heavy (non-hydrogen) atoms. The lowest BCUT2D eigenvalue weighted by atomic mass is 10.0. The number of esters is 1. The molecule has 0 bridgehead atoms. The van der Waals surface area contributed by atoms with Crippen LogP contribution in [0, 0.1) is 0 Å². The highest BCUT2D eigenvalue weighted by atomic mass is 35.5. The summed E-state index contributed by atoms with van der Waals surface area (Å²) in [6.45, 7) is 0. The van der Waals surface area contributed by atoms with Gasteiger partial charge in [-0.1, -0.05) is 35.9 Å². The molecule has 0 spiro atoms. The molecule has 1 aliphatic heterocycles. The molecule has 0 atom stereocenters. The number of hydrogen-bond acceptors (Lipinski definition) is 3. The number of ether oxygens (including phenoxy) is 1. The Hall–Kier alpha value is -2.59. The van der Waals surface area contributed by atoms with Crippen LogP contribution in [-0.2, 0) is 9.53 Å². The van der Waals surface area contributed by atoms with Gasteiger partial charge in [-0.15, -0.1) is 0 Å². The fourth-order valence-electron chi connectivity index (χ4n) is 2.33. The fraction of sp³-hybridized carbons (Fsp3) is 0.0588. The third-order valence-corrected chi connectivity index (χ3v) is 3.77. The molecule has 110 valence electrons. The van der Waals surface area contributed by atoms with E-state index in [0.717, 1.165) is 11.1 Å². The Morgan fingerprint density at radius 2 is 2.00 bits per heavy atom. The van der Waals surface area contributed by atoms with Gasteiger partial charge < -0.3 is 10.1 Å². The zero-order valence-corrected chi connectivity index (χ0v) is 12.5. The molecule has 1 N–H and O–H groups in total. The predicted octanol–water partition coefficient (Wildman–Crippen LogP) is 3.62. The first-order chi connectivity index (χ1) is 10.6. The van der Waals surface area contributed by atoms with Crippen molar-refractivity contribution in [2.24, 2.45) is 0 Å². The van der Waals surface area contributed by atoms with Gasteiger partial charge in [0.15, 0.2) is 0 Å². The van der Waals surface area contributed by atoms with Crippen LogP contribution in [0.5, 0.6) is 0 Å². The van der Waals surface area contributed by atoms with E-state index in [-0.39, 0.29) is 5.91 Å². The second-order valence-corrected chi connectivity index (χ2v) is 5.19. The SMILES string of the molecule is COC(=O)c1ccc2c(c1)NC(=O)C2=Cc1ccccc1Cl. The standard InChI is InChI=1S/C17H12ClNO3/c1-22-17(21)11-6-7-12-13(16(20)19-15(12)9-11)8-10-4-2-3-5-14(10)18/h2-9H,1H3,(H,19,20). The minimum Gasteiger partial charge on any atom is -0.465 e. The number of rotatable bonds is 2. The molecule has 5 heteroatoms. The minimum atomic E-state index is -0.444. The highest BCUT2D eigenvalue weighted by molar-refractivity contribution is 6.37. The summed E-state index contributed by atoms with van der Waals surface area (Å²) in [4.78, 5) is 23.7. The number of anilines is 1. The normalized spacial score (nSPS) is 14.6. The maximum absolute atomic E-state index is 12.2. The molecule has 0 saturated carbocycles. The summed E-state index contributed by atoms with van der Waals surface area (Å²) < 4.78 is 4.68. The molecule has 3 rings (SSSR count). The first-order valence-electron chi connectivity index (χ1n) is 6.60. The number of amides is 1. The molecule has 2 aromatic rings. The summed E-state index contributed by atoms with van der Waals surface area (Å²) in [6, 6.07) is 12.2. The molecule has 1 heterocycles. The van der Waals surface area contributed by atoms with Crippen LogP contribution in [-0.4, -0.2) is 19.0 Å². The smallest absolute Gasteiger partial charge is 0.337 e. The summed E-state index contributed by atoms with van der Waals surface area (Å²) >= 11 is 6.13. The van der Waals surface area contributed by atoms with Gasteiger partial charge in [0, 0.05) is 21.8 Å². The summed E-state index contributed by atoms with van der Waals surface area (Å²) in [6.07, 6.45) is 1.74. The van der Waals surface area contributed by atoms with Crippen molar-refractivity contribution in [3.63, 3.8) is 0 Å². The van der Waals surface area contributed by atoms with Crippen LogP contribution in [0.2, 0.25) is 5.02 Å². The third-order valence-electron chi connectivity index (χ3n) is 3.43. The van der Waals surface area contributed by atoms with E-state index in [2.05, 4.69) is 10.1 Å². The van der Waals surface area contributed by atoms with Gasteiger partial charge in [0.2, 0.25) is 0 Å². The molecule has 2 aromatic carbocycles. The quantitative estimate of drug-likeness (QED) is 0.680. The zero-order valence-electron chi connectivity index (χ0n) is 11.7. The van der Waals surface area contributed by atoms with Gasteiger partial charge in [0.25, 0.3) is 5.91 Å². The summed E-state index contributed by atoms with van der Waals surface area (Å²) in [5, 5.41) is 3.32. The lowest BCUT2D eigenvalue weighted by Gasteiger charge is -2.03. The predicted molar refractivity (Wildman–Crippen MR) is 85.7 cm³/mol. The van der Waals surface area contributed by atoms with Crippen LogP contribution in [0.4, 0.5) is 5.69 Å². The van der Waals surface area contributed by atoms with Crippen LogP contribution in [0.1, 0.15) is 21.5 Å². The number of nitrogens with one attached hydrogen (secondary N) is 1. The molecule has 0 radical (unpaired) electrons. The van der Waals surface area contributed by atoms with E-state index in [9.17, 15) is 9.59 Å². The second kappa shape index (κ2) is 5.66. The van der Waals surface area contributed by atoms with Crippen LogP contribution < -0.4 is 5.32 Å². The monoisotopic (exact) mass is 313 g/mol. The summed E-state index contributed by atoms with van der Waals surface area (Å²) in [5.74, 6) is -0.669. The number of carbonyl (C=O) groups is 2. The molecule has 4 nitrogen and oxygen atoms in total. The van der Waals surface area contributed by atoms with E-state index >= 15 is 0 Å². The van der Waals surface area contributed by atoms with E-state index in [0.29, 0.717) is 21.8 Å². The van der Waals surface area contributed by atoms with Crippen LogP contribution in [0.25, 0.3) is 11.6 Å². The second-order valence-electron chi connectivity index (χ2n) is 4.79. The highest BCUT2D eigenvalue weighted by Gasteiger charge is 2.25. The first kappa shape index (κ1) is 14.4. The van der Waals surface area contributed by atoms with E-state index in [1.54, 1.807) is 30.3 Å². The van der Waals surface area contributed by atoms with Crippen molar-refractivity contribution in [2.75, 3.05) is 12.4 Å². The molecule has 0 unspecified atom stereocenters. The van der Waals surface area contributed by atoms with Crippen molar-refractivity contribution in [2.45, 2.75) is 0 Å². The maximum atomic E-state index is 12.2. The van der Waals surface area contributed by atoms with Gasteiger partial charge in [-0.3, -0.25) is 4.79 Å². The third kappa shape index (κ3) is 2.49. The van der Waals surface area contributed by atoms with Crippen molar-refractivity contribution >= 4 is 40.8 Å². The molecule has 1 amide bonds. The Kier molecular flexibility index (Phi) is 3.69. The van der Waals surface area contributed by atoms with E-state index in [1.807, 2.05) is 18.2 Å². The fourth-order valence-corrected chi connectivity index (χ4v) is 2.52. The molecule has 0 aromatic heterocycles. The van der Waals surface area contributed by atoms with Gasteiger partial charge in [-0.25, -0.2) is 4.79 Å². The van der Waals surface area contributed by atoms with Gasteiger partial charge in [-0.05, 0) is 29.8 Å². The Labute approximate surface area is 132 Å². The Bertz CT molecular complexity index is 811. The minimum absolute atomic E-state index is 0.225. The van der Waals surface area contributed by atoms with Gasteiger partial charge >= 0.3 is 5.97 Å². The van der Waals surface area contributed by atoms with Crippen LogP contribution >= 0.6 is 11.6 Å². The van der Waals surface area contributed by atoms with Crippen molar-refractivity contribution in [1.29, 1.82) is 0 Å². The van der Waals surface area contributed by atoms with Gasteiger partial charge in [0.1, 0.15) is 0 Å². The molecular weight excluding hydrogens is 302 g/mol. The molecule has 0 saturated heterocycles. The Balaban J connectivity index is 2.06. The number of methoxy groups -OCH3 is 1. The average molecular weight is 314 g/mol. The van der Waals surface area contributed by atoms with E-state index in [4.69, 9.17) is 11.6 Å². The van der Waals surface area contributed by atoms with E-state index in [1.165, 1.54) is 7.11 Å². The average Bonchev–Trinajstić information content (AvgIpc) is 2.83. The van der Waals surface area contributed by atoms with E-state index < -0.39 is 5.97 Å². The molecule has 0 fully saturated rings. The van der Waals surface area contributed by atoms with Gasteiger partial charge in [-0.2, -0.15) is 0 Å². The lowest BCUT2D eigenvalue weighted by Crippen LogP contribution is -2.04. The van der Waals surface area contributed by atoms with Crippen molar-refractivity contribution in [3.05, 3.63) is 64.2 Å². The lowest BCUT2D eigenvalue weighted by molar-refractivity contribution is -0.110. The van der Waals surface area contributed by atoms with Crippen molar-refractivity contribution in [3.8, 4) is 0 Å². The van der Waals surface area contributed by atoms with Gasteiger partial charge in [0.05, 0.1) is 12.7 Å². The Morgan fingerprint density at radius 1 is 1.23 bits per heavy atom. The van der Waals surface area contributed by atoms with Crippen LogP contribution in [0.3, 0.4) is 0 Å². The largest absolute Gasteiger partial charge is 0.465 e. The topological polar surface area (TPSA) is 55.4 Å². The Morgan fingerprint density at radius 3 is 2.73 bits per heavy atom. The number of fused-ring (bicyclic) bond motifs is 1. The highest BCUT2D eigenvalue weighted by Crippen LogP contribution is 2.34. The first-order valence-corrected chi connectivity index (χ1v) is 6.98. The zero-order chi connectivity index (χ0) is 15.7. The molecule has 1 aliphatic rings. The number of benzene rings is 2. The number of carbonyl (C=O) groups excluding carboxylic acids is 2. The maximum Gasteiger partial charge on any atom is 0.337 e. The summed E-state index contributed by atoms with van der Waals surface area (Å²) in [5.41, 5.74) is 2.99. The van der Waals surface area contributed by atoms with Crippen molar-refractivity contribution in [1.82, 2.24) is 0 Å². The molecule has 0 aliphatic carbocycles. The number of halogens is 1. The van der Waals surface area contributed by atoms with Crippen LogP contribution in [0.15, 0.2) is 42.5 Å². The summed E-state index contributed by atoms with van der Waals surface area (Å²) in [7, 11) is 1.32. The van der Waals surface area contributed by atoms with Crippen molar-refractivity contribution < 1.29 is 14.3 Å². The number of hydrogen-bond donors (Lipinski definition) is 1. The molecular formula is C17H12ClNO3.